The highest BCUT2D eigenvalue weighted by Gasteiger charge is 2.36. The van der Waals surface area contributed by atoms with Crippen molar-refractivity contribution in [3.05, 3.63) is 40.7 Å². The third-order valence-electron chi connectivity index (χ3n) is 8.49. The van der Waals surface area contributed by atoms with E-state index in [-0.39, 0.29) is 36.2 Å². The molecular weight excluding hydrogens is 544 g/mol. The van der Waals surface area contributed by atoms with Gasteiger partial charge in [-0.1, -0.05) is 24.3 Å². The highest BCUT2D eigenvalue weighted by molar-refractivity contribution is 5.94. The molecule has 2 amide bonds. The van der Waals surface area contributed by atoms with Crippen molar-refractivity contribution in [3.63, 3.8) is 0 Å². The molecule has 0 spiro atoms. The second kappa shape index (κ2) is 15.1. The Morgan fingerprint density at radius 1 is 1.17 bits per heavy atom. The van der Waals surface area contributed by atoms with E-state index in [4.69, 9.17) is 9.47 Å². The molecule has 226 valence electrons. The summed E-state index contributed by atoms with van der Waals surface area (Å²) in [5.74, 6) is -0.0825. The molecule has 3 heterocycles. The van der Waals surface area contributed by atoms with E-state index < -0.39 is 0 Å². The van der Waals surface area contributed by atoms with Crippen molar-refractivity contribution in [1.29, 1.82) is 0 Å². The Labute approximate surface area is 249 Å². The van der Waals surface area contributed by atoms with Gasteiger partial charge in [-0.05, 0) is 68.6 Å². The number of benzene rings is 1. The standard InChI is InChI=1S/C30H44N6O4.ClH/c1-3-13-35(24-19-23(20-31-21-24)29(37)34-14-17-40-18-15-34)30(38)28-27(11-4-5-16-39-2)36(33-32-28)26-12-7-9-22-8-6-10-25(22)26;/h7,9,12,23-24,31H,3-6,8,10-11,13-21H2,1-2H3;1H/t23-,24+;/m1./s1. The van der Waals surface area contributed by atoms with Gasteiger partial charge < -0.3 is 24.6 Å². The lowest BCUT2D eigenvalue weighted by Gasteiger charge is -2.39. The van der Waals surface area contributed by atoms with Gasteiger partial charge in [0.25, 0.3) is 5.91 Å². The van der Waals surface area contributed by atoms with Gasteiger partial charge in [0.05, 0.1) is 30.5 Å². The summed E-state index contributed by atoms with van der Waals surface area (Å²) >= 11 is 0. The van der Waals surface area contributed by atoms with Crippen molar-refractivity contribution < 1.29 is 19.1 Å². The first-order chi connectivity index (χ1) is 19.6. The molecule has 1 N–H and O–H groups in total. The van der Waals surface area contributed by atoms with E-state index in [1.54, 1.807) is 7.11 Å². The molecule has 1 aromatic heterocycles. The topological polar surface area (TPSA) is 102 Å². The Morgan fingerprint density at radius 3 is 2.78 bits per heavy atom. The van der Waals surface area contributed by atoms with Gasteiger partial charge in [-0.25, -0.2) is 4.68 Å². The van der Waals surface area contributed by atoms with Gasteiger partial charge in [-0.3, -0.25) is 9.59 Å². The number of hydrogen-bond acceptors (Lipinski definition) is 7. The normalized spacial score (nSPS) is 20.4. The lowest BCUT2D eigenvalue weighted by Crippen LogP contribution is -2.55. The summed E-state index contributed by atoms with van der Waals surface area (Å²) in [6.45, 7) is 7.13. The molecule has 2 fully saturated rings. The summed E-state index contributed by atoms with van der Waals surface area (Å²) in [6, 6.07) is 6.30. The van der Waals surface area contributed by atoms with Gasteiger partial charge in [0.1, 0.15) is 0 Å². The minimum atomic E-state index is -0.153. The number of hydrogen-bond donors (Lipinski definition) is 1. The van der Waals surface area contributed by atoms with E-state index in [2.05, 4.69) is 40.8 Å². The number of halogens is 1. The number of carbonyl (C=O) groups is 2. The van der Waals surface area contributed by atoms with Gasteiger partial charge in [0, 0.05) is 52.5 Å². The maximum absolute atomic E-state index is 14.2. The molecule has 0 unspecified atom stereocenters. The zero-order valence-corrected chi connectivity index (χ0v) is 25.3. The van der Waals surface area contributed by atoms with Crippen LogP contribution in [-0.4, -0.2) is 102 Å². The molecule has 0 radical (unpaired) electrons. The number of aromatic nitrogens is 3. The first-order valence-electron chi connectivity index (χ1n) is 15.0. The third-order valence-corrected chi connectivity index (χ3v) is 8.49. The highest BCUT2D eigenvalue weighted by Crippen LogP contribution is 2.30. The molecule has 10 nitrogen and oxygen atoms in total. The summed E-state index contributed by atoms with van der Waals surface area (Å²) in [7, 11) is 1.71. The van der Waals surface area contributed by atoms with Crippen LogP contribution in [0.3, 0.4) is 0 Å². The number of nitrogens with zero attached hydrogens (tertiary/aromatic N) is 5. The number of fused-ring (bicyclic) bond motifs is 1. The van der Waals surface area contributed by atoms with Crippen LogP contribution in [0.5, 0.6) is 0 Å². The van der Waals surface area contributed by atoms with Crippen molar-refractivity contribution in [2.24, 2.45) is 5.92 Å². The molecule has 5 rings (SSSR count). The quantitative estimate of drug-likeness (QED) is 0.403. The highest BCUT2D eigenvalue weighted by atomic mass is 35.5. The summed E-state index contributed by atoms with van der Waals surface area (Å²) in [6.07, 6.45) is 7.19. The van der Waals surface area contributed by atoms with Crippen LogP contribution in [0.4, 0.5) is 0 Å². The van der Waals surface area contributed by atoms with Crippen LogP contribution < -0.4 is 5.32 Å². The Morgan fingerprint density at radius 2 is 2.00 bits per heavy atom. The lowest BCUT2D eigenvalue weighted by atomic mass is 9.92. The maximum Gasteiger partial charge on any atom is 0.276 e. The predicted octanol–water partition coefficient (Wildman–Crippen LogP) is 2.84. The molecule has 2 atom stereocenters. The molecule has 2 aromatic rings. The minimum absolute atomic E-state index is 0. The zero-order valence-electron chi connectivity index (χ0n) is 24.5. The first-order valence-corrected chi connectivity index (χ1v) is 15.0. The average molecular weight is 589 g/mol. The van der Waals surface area contributed by atoms with Crippen molar-refractivity contribution in [2.75, 3.05) is 59.7 Å². The second-order valence-electron chi connectivity index (χ2n) is 11.2. The molecule has 1 aliphatic carbocycles. The number of carbonyl (C=O) groups excluding carboxylic acids is 2. The number of methoxy groups -OCH3 is 1. The number of ether oxygens (including phenoxy) is 2. The van der Waals surface area contributed by atoms with Gasteiger partial charge in [0.15, 0.2) is 5.69 Å². The lowest BCUT2D eigenvalue weighted by molar-refractivity contribution is -0.140. The van der Waals surface area contributed by atoms with Gasteiger partial charge >= 0.3 is 0 Å². The van der Waals surface area contributed by atoms with Gasteiger partial charge in [0.2, 0.25) is 5.91 Å². The Kier molecular flexibility index (Phi) is 11.6. The Hall–Kier alpha value is -2.53. The predicted molar refractivity (Wildman–Crippen MR) is 159 cm³/mol. The fourth-order valence-electron chi connectivity index (χ4n) is 6.44. The van der Waals surface area contributed by atoms with Crippen molar-refractivity contribution in [2.45, 2.75) is 64.3 Å². The van der Waals surface area contributed by atoms with Gasteiger partial charge in [-0.2, -0.15) is 0 Å². The Balaban J connectivity index is 0.00000387. The molecule has 3 aliphatic rings. The van der Waals surface area contributed by atoms with Crippen LogP contribution in [0.25, 0.3) is 5.69 Å². The minimum Gasteiger partial charge on any atom is -0.385 e. The van der Waals surface area contributed by atoms with Gasteiger partial charge in [-0.15, -0.1) is 17.5 Å². The SMILES string of the molecule is CCCN(C(=O)c1nnn(-c2cccc3c2CCC3)c1CCCCOC)[C@@H]1CNC[C@H](C(=O)N2CCOCC2)C1.Cl. The molecule has 1 aromatic carbocycles. The zero-order chi connectivity index (χ0) is 27.9. The maximum atomic E-state index is 14.2. The molecule has 41 heavy (non-hydrogen) atoms. The largest absolute Gasteiger partial charge is 0.385 e. The van der Waals surface area contributed by atoms with E-state index in [0.29, 0.717) is 71.1 Å². The Bertz CT molecular complexity index is 1170. The van der Waals surface area contributed by atoms with E-state index in [0.717, 1.165) is 49.9 Å². The average Bonchev–Trinajstić information content (AvgIpc) is 3.65. The molecule has 0 saturated carbocycles. The number of aryl methyl sites for hydroxylation is 1. The van der Waals surface area contributed by atoms with Crippen molar-refractivity contribution in [3.8, 4) is 5.69 Å². The van der Waals surface area contributed by atoms with Crippen LogP contribution in [0.15, 0.2) is 18.2 Å². The summed E-state index contributed by atoms with van der Waals surface area (Å²) < 4.78 is 12.6. The van der Waals surface area contributed by atoms with E-state index >= 15 is 0 Å². The first kappa shape index (κ1) is 31.4. The number of unbranched alkanes of at least 4 members (excludes halogenated alkanes) is 1. The number of nitrogens with one attached hydrogen (secondary N) is 1. The van der Waals surface area contributed by atoms with Crippen LogP contribution in [0, 0.1) is 5.92 Å². The van der Waals surface area contributed by atoms with Crippen LogP contribution >= 0.6 is 12.4 Å². The monoisotopic (exact) mass is 588 g/mol. The van der Waals surface area contributed by atoms with E-state index in [9.17, 15) is 9.59 Å². The van der Waals surface area contributed by atoms with E-state index in [1.807, 2.05) is 14.5 Å². The van der Waals surface area contributed by atoms with Crippen LogP contribution in [0.1, 0.15) is 66.3 Å². The number of morpholine rings is 1. The second-order valence-corrected chi connectivity index (χ2v) is 11.2. The van der Waals surface area contributed by atoms with Crippen molar-refractivity contribution >= 4 is 24.2 Å². The molecule has 0 bridgehead atoms. The summed E-state index contributed by atoms with van der Waals surface area (Å²) in [4.78, 5) is 31.4. The van der Waals surface area contributed by atoms with E-state index in [1.165, 1.54) is 11.1 Å². The fraction of sp³-hybridized carbons (Fsp3) is 0.667. The number of piperidine rings is 1. The smallest absolute Gasteiger partial charge is 0.276 e. The summed E-state index contributed by atoms with van der Waals surface area (Å²) in [5.41, 5.74) is 5.02. The molecule has 2 saturated heterocycles. The molecule has 11 heteroatoms. The third kappa shape index (κ3) is 7.10. The van der Waals surface area contributed by atoms with Crippen LogP contribution in [-0.2, 0) is 33.5 Å². The molecule has 2 aliphatic heterocycles. The fourth-order valence-corrected chi connectivity index (χ4v) is 6.44. The number of amides is 2. The van der Waals surface area contributed by atoms with Crippen molar-refractivity contribution in [1.82, 2.24) is 30.1 Å². The number of rotatable bonds is 11. The molecular formula is C30H45ClN6O4. The van der Waals surface area contributed by atoms with Crippen LogP contribution in [0.2, 0.25) is 0 Å². The summed E-state index contributed by atoms with van der Waals surface area (Å²) in [5, 5.41) is 12.5.